The average molecular weight is 526 g/mol. The molecule has 0 fully saturated rings. The molecule has 4 heteroatoms. The van der Waals surface area contributed by atoms with Crippen LogP contribution in [0.25, 0.3) is 22.4 Å². The maximum Gasteiger partial charge on any atom is 0.193 e. The van der Waals surface area contributed by atoms with Gasteiger partial charge >= 0.3 is 0 Å². The lowest BCUT2D eigenvalue weighted by molar-refractivity contribution is 0.103. The number of carbonyl (C=O) groups excluding carboxylic acids is 1. The largest absolute Gasteiger partial charge is 0.497 e. The van der Waals surface area contributed by atoms with Gasteiger partial charge in [-0.1, -0.05) is 113 Å². The second kappa shape index (κ2) is 15.3. The molecule has 0 saturated heterocycles. The standard InChI is InChI=1S/C35H43NO3/c1-3-4-5-6-7-8-9-10-11-12-13-14-15-27-16-18-29(19-17-27)35(37)32-25-24-31-33(32)26-39-36-34(31)28-20-22-30(38-2)23-21-28/h16-26H,3-15H2,1-2H3. The molecule has 0 N–H and O–H groups in total. The number of fused-ring (bicyclic) bond motifs is 1. The first kappa shape index (κ1) is 28.6. The van der Waals surface area contributed by atoms with Gasteiger partial charge in [0.1, 0.15) is 17.7 Å². The molecule has 0 spiro atoms. The van der Waals surface area contributed by atoms with Crippen LogP contribution in [-0.2, 0) is 6.42 Å². The van der Waals surface area contributed by atoms with Crippen molar-refractivity contribution in [3.05, 3.63) is 83.6 Å². The molecule has 1 heterocycles. The average Bonchev–Trinajstić information content (AvgIpc) is 3.42. The highest BCUT2D eigenvalue weighted by atomic mass is 16.5. The first-order valence-corrected chi connectivity index (χ1v) is 14.9. The van der Waals surface area contributed by atoms with Crippen molar-refractivity contribution in [2.45, 2.75) is 90.4 Å². The number of hydrogen-bond donors (Lipinski definition) is 0. The molecule has 0 bridgehead atoms. The molecular formula is C35H43NO3. The van der Waals surface area contributed by atoms with Crippen molar-refractivity contribution in [3.63, 3.8) is 0 Å². The van der Waals surface area contributed by atoms with Crippen LogP contribution in [0.2, 0.25) is 0 Å². The summed E-state index contributed by atoms with van der Waals surface area (Å²) >= 11 is 0. The lowest BCUT2D eigenvalue weighted by atomic mass is 9.97. The highest BCUT2D eigenvalue weighted by Gasteiger charge is 2.22. The second-order valence-electron chi connectivity index (χ2n) is 10.6. The summed E-state index contributed by atoms with van der Waals surface area (Å²) in [5.41, 5.74) is 5.94. The van der Waals surface area contributed by atoms with E-state index in [4.69, 9.17) is 9.26 Å². The molecule has 0 radical (unpaired) electrons. The van der Waals surface area contributed by atoms with E-state index in [-0.39, 0.29) is 5.78 Å². The summed E-state index contributed by atoms with van der Waals surface area (Å²) in [4.78, 5) is 13.4. The third-order valence-corrected chi connectivity index (χ3v) is 7.71. The molecule has 2 aliphatic rings. The van der Waals surface area contributed by atoms with Crippen LogP contribution in [0.1, 0.15) is 105 Å². The molecule has 206 valence electrons. The normalized spacial score (nSPS) is 11.2. The molecule has 0 unspecified atom stereocenters. The second-order valence-corrected chi connectivity index (χ2v) is 10.6. The van der Waals surface area contributed by atoms with E-state index < -0.39 is 0 Å². The zero-order valence-corrected chi connectivity index (χ0v) is 23.7. The molecule has 1 aliphatic carbocycles. The highest BCUT2D eigenvalue weighted by Crippen LogP contribution is 2.37. The topological polar surface area (TPSA) is 52.3 Å². The number of nitrogens with zero attached hydrogens (tertiary/aromatic N) is 1. The van der Waals surface area contributed by atoms with Crippen LogP contribution in [0, 0.1) is 0 Å². The van der Waals surface area contributed by atoms with Gasteiger partial charge in [0.2, 0.25) is 0 Å². The maximum absolute atomic E-state index is 13.4. The summed E-state index contributed by atoms with van der Waals surface area (Å²) in [7, 11) is 1.64. The van der Waals surface area contributed by atoms with Gasteiger partial charge in [-0.2, -0.15) is 0 Å². The fraction of sp³-hybridized carbons (Fsp3) is 0.429. The number of rotatable bonds is 17. The van der Waals surface area contributed by atoms with Gasteiger partial charge in [0.15, 0.2) is 5.78 Å². The monoisotopic (exact) mass is 525 g/mol. The fourth-order valence-corrected chi connectivity index (χ4v) is 5.31. The summed E-state index contributed by atoms with van der Waals surface area (Å²) in [6.07, 6.45) is 19.0. The van der Waals surface area contributed by atoms with Gasteiger partial charge in [-0.3, -0.25) is 4.79 Å². The first-order chi connectivity index (χ1) is 19.2. The first-order valence-electron chi connectivity index (χ1n) is 14.9. The van der Waals surface area contributed by atoms with Crippen LogP contribution in [0.4, 0.5) is 0 Å². The smallest absolute Gasteiger partial charge is 0.193 e. The fourth-order valence-electron chi connectivity index (χ4n) is 5.31. The predicted molar refractivity (Wildman–Crippen MR) is 160 cm³/mol. The summed E-state index contributed by atoms with van der Waals surface area (Å²) in [6.45, 7) is 2.28. The van der Waals surface area contributed by atoms with Gasteiger partial charge in [0.25, 0.3) is 0 Å². The quantitative estimate of drug-likeness (QED) is 0.102. The number of carbonyl (C=O) groups is 1. The number of ketones is 1. The lowest BCUT2D eigenvalue weighted by Gasteiger charge is -2.09. The number of benzene rings is 2. The van der Waals surface area contributed by atoms with Crippen LogP contribution >= 0.6 is 0 Å². The Kier molecular flexibility index (Phi) is 11.2. The van der Waals surface area contributed by atoms with Crippen LogP contribution in [0.3, 0.4) is 0 Å². The molecule has 0 aromatic heterocycles. The minimum absolute atomic E-state index is 0.00370. The minimum atomic E-state index is 0.00370. The van der Waals surface area contributed by atoms with Gasteiger partial charge in [-0.05, 0) is 48.7 Å². The Hall–Kier alpha value is -3.40. The van der Waals surface area contributed by atoms with Crippen LogP contribution in [-0.4, -0.2) is 18.0 Å². The SMILES string of the molecule is CCCCCCCCCCCCCCc1ccc(C(=O)c2ccc3c(-c4ccc(OC)cc4)nocc2-3)cc1. The van der Waals surface area contributed by atoms with Gasteiger partial charge in [0.05, 0.1) is 7.11 Å². The molecule has 39 heavy (non-hydrogen) atoms. The molecular weight excluding hydrogens is 482 g/mol. The van der Waals surface area contributed by atoms with Gasteiger partial charge < -0.3 is 9.26 Å². The third kappa shape index (κ3) is 8.05. The summed E-state index contributed by atoms with van der Waals surface area (Å²) in [6, 6.07) is 19.6. The van der Waals surface area contributed by atoms with E-state index in [0.717, 1.165) is 28.9 Å². The highest BCUT2D eigenvalue weighted by molar-refractivity contribution is 6.14. The van der Waals surface area contributed by atoms with Crippen LogP contribution < -0.4 is 4.74 Å². The van der Waals surface area contributed by atoms with Crippen molar-refractivity contribution >= 4 is 5.78 Å². The van der Waals surface area contributed by atoms with E-state index in [1.807, 2.05) is 48.5 Å². The number of aromatic nitrogens is 1. The Balaban J connectivity index is 1.23. The zero-order chi connectivity index (χ0) is 27.3. The summed E-state index contributed by atoms with van der Waals surface area (Å²) in [5.74, 6) is 0.785. The Morgan fingerprint density at radius 2 is 1.33 bits per heavy atom. The van der Waals surface area contributed by atoms with Crippen molar-refractivity contribution in [3.8, 4) is 28.1 Å². The van der Waals surface area contributed by atoms with Crippen molar-refractivity contribution in [1.82, 2.24) is 5.16 Å². The minimum Gasteiger partial charge on any atom is -0.497 e. The number of aryl methyl sites for hydroxylation is 1. The van der Waals surface area contributed by atoms with Crippen molar-refractivity contribution in [2.75, 3.05) is 7.11 Å². The van der Waals surface area contributed by atoms with Crippen LogP contribution in [0.5, 0.6) is 5.75 Å². The van der Waals surface area contributed by atoms with Gasteiger partial charge in [0, 0.05) is 27.8 Å². The van der Waals surface area contributed by atoms with Crippen LogP contribution in [0.15, 0.2) is 71.4 Å². The lowest BCUT2D eigenvalue weighted by Crippen LogP contribution is -2.02. The van der Waals surface area contributed by atoms with Crippen molar-refractivity contribution in [2.24, 2.45) is 0 Å². The predicted octanol–water partition coefficient (Wildman–Crippen LogP) is 9.93. The number of unbranched alkanes of at least 4 members (excludes halogenated alkanes) is 11. The Morgan fingerprint density at radius 1 is 0.718 bits per heavy atom. The Bertz CT molecular complexity index is 1240. The number of ether oxygens (including phenoxy) is 1. The van der Waals surface area contributed by atoms with Crippen molar-refractivity contribution < 1.29 is 14.1 Å². The van der Waals surface area contributed by atoms with E-state index in [0.29, 0.717) is 16.8 Å². The van der Waals surface area contributed by atoms with Gasteiger partial charge in [-0.15, -0.1) is 0 Å². The number of hydrogen-bond acceptors (Lipinski definition) is 4. The van der Waals surface area contributed by atoms with E-state index >= 15 is 0 Å². The molecule has 2 aromatic carbocycles. The van der Waals surface area contributed by atoms with E-state index in [1.54, 1.807) is 13.4 Å². The third-order valence-electron chi connectivity index (χ3n) is 7.71. The molecule has 0 atom stereocenters. The molecule has 1 aliphatic heterocycles. The van der Waals surface area contributed by atoms with E-state index in [2.05, 4.69) is 24.2 Å². The van der Waals surface area contributed by atoms with Crippen molar-refractivity contribution in [1.29, 1.82) is 0 Å². The molecule has 4 nitrogen and oxygen atoms in total. The van der Waals surface area contributed by atoms with E-state index in [9.17, 15) is 4.79 Å². The molecule has 0 amide bonds. The molecule has 4 rings (SSSR count). The zero-order valence-electron chi connectivity index (χ0n) is 23.7. The van der Waals surface area contributed by atoms with E-state index in [1.165, 1.54) is 82.6 Å². The Labute approximate surface area is 234 Å². The summed E-state index contributed by atoms with van der Waals surface area (Å²) in [5, 5.41) is 4.23. The Morgan fingerprint density at radius 3 is 1.95 bits per heavy atom. The molecule has 2 aromatic rings. The number of methoxy groups -OCH3 is 1. The van der Waals surface area contributed by atoms with Gasteiger partial charge in [-0.25, -0.2) is 0 Å². The molecule has 0 saturated carbocycles. The summed E-state index contributed by atoms with van der Waals surface area (Å²) < 4.78 is 10.7. The maximum atomic E-state index is 13.4.